The standard InChI is InChI=1S/C20H35NO/c1-10-14-16(21(8)9)13-15(19(4,5)11-2)18(22)17(14)20(6,7)12-3/h13,22H,10-12H2,1-9H3. The van der Waals surface area contributed by atoms with Crippen LogP contribution < -0.4 is 4.90 Å². The maximum Gasteiger partial charge on any atom is 0.123 e. The van der Waals surface area contributed by atoms with E-state index in [0.29, 0.717) is 5.75 Å². The first-order valence-corrected chi connectivity index (χ1v) is 8.60. The van der Waals surface area contributed by atoms with E-state index in [1.807, 2.05) is 0 Å². The summed E-state index contributed by atoms with van der Waals surface area (Å²) in [5.41, 5.74) is 4.69. The number of phenolic OH excluding ortho intramolecular Hbond substituents is 1. The summed E-state index contributed by atoms with van der Waals surface area (Å²) in [7, 11) is 4.19. The van der Waals surface area contributed by atoms with Gasteiger partial charge in [0.25, 0.3) is 0 Å². The van der Waals surface area contributed by atoms with Crippen molar-refractivity contribution in [3.63, 3.8) is 0 Å². The third-order valence-electron chi connectivity index (χ3n) is 5.39. The van der Waals surface area contributed by atoms with Gasteiger partial charge >= 0.3 is 0 Å². The van der Waals surface area contributed by atoms with E-state index in [-0.39, 0.29) is 10.8 Å². The fraction of sp³-hybridized carbons (Fsp3) is 0.700. The van der Waals surface area contributed by atoms with E-state index in [9.17, 15) is 5.11 Å². The molecule has 0 atom stereocenters. The Balaban J connectivity index is 3.87. The zero-order valence-electron chi connectivity index (χ0n) is 16.1. The van der Waals surface area contributed by atoms with E-state index in [4.69, 9.17) is 0 Å². The zero-order valence-corrected chi connectivity index (χ0v) is 16.1. The van der Waals surface area contributed by atoms with Gasteiger partial charge in [-0.15, -0.1) is 0 Å². The maximum atomic E-state index is 11.1. The largest absolute Gasteiger partial charge is 0.507 e. The van der Waals surface area contributed by atoms with Crippen molar-refractivity contribution in [2.75, 3.05) is 19.0 Å². The van der Waals surface area contributed by atoms with Gasteiger partial charge in [-0.1, -0.05) is 48.5 Å². The van der Waals surface area contributed by atoms with Crippen molar-refractivity contribution in [3.8, 4) is 5.75 Å². The van der Waals surface area contributed by atoms with Gasteiger partial charge in [0.1, 0.15) is 5.75 Å². The number of aromatic hydroxyl groups is 1. The third-order valence-corrected chi connectivity index (χ3v) is 5.39. The molecule has 126 valence electrons. The molecule has 0 aliphatic rings. The molecule has 2 nitrogen and oxygen atoms in total. The molecule has 0 radical (unpaired) electrons. The highest BCUT2D eigenvalue weighted by atomic mass is 16.3. The second-order valence-corrected chi connectivity index (χ2v) is 7.87. The van der Waals surface area contributed by atoms with Crippen molar-refractivity contribution in [2.24, 2.45) is 0 Å². The van der Waals surface area contributed by atoms with Crippen molar-refractivity contribution in [3.05, 3.63) is 22.8 Å². The summed E-state index contributed by atoms with van der Waals surface area (Å²) in [5.74, 6) is 0.515. The minimum Gasteiger partial charge on any atom is -0.507 e. The lowest BCUT2D eigenvalue weighted by Crippen LogP contribution is -2.25. The molecule has 1 aromatic carbocycles. The highest BCUT2D eigenvalue weighted by molar-refractivity contribution is 5.66. The molecule has 1 rings (SSSR count). The van der Waals surface area contributed by atoms with E-state index in [2.05, 4.69) is 73.5 Å². The number of phenols is 1. The van der Waals surface area contributed by atoms with Crippen molar-refractivity contribution in [1.29, 1.82) is 0 Å². The Bertz CT molecular complexity index is 527. The SMILES string of the molecule is CCc1c(N(C)C)cc(C(C)(C)CC)c(O)c1C(C)(C)CC. The molecule has 0 amide bonds. The minimum absolute atomic E-state index is 0.0278. The summed E-state index contributed by atoms with van der Waals surface area (Å²) in [5, 5.41) is 11.1. The second-order valence-electron chi connectivity index (χ2n) is 7.87. The first kappa shape index (κ1) is 18.9. The predicted octanol–water partition coefficient (Wildman–Crippen LogP) is 5.40. The molecule has 0 saturated carbocycles. The zero-order chi connectivity index (χ0) is 17.3. The molecule has 22 heavy (non-hydrogen) atoms. The molecule has 0 aromatic heterocycles. The monoisotopic (exact) mass is 305 g/mol. The quantitative estimate of drug-likeness (QED) is 0.761. The minimum atomic E-state index is -0.0281. The summed E-state index contributed by atoms with van der Waals surface area (Å²) < 4.78 is 0. The average Bonchev–Trinajstić information content (AvgIpc) is 2.45. The Morgan fingerprint density at radius 2 is 1.45 bits per heavy atom. The van der Waals surface area contributed by atoms with Crippen LogP contribution in [0.25, 0.3) is 0 Å². The molecule has 0 bridgehead atoms. The van der Waals surface area contributed by atoms with E-state index in [1.54, 1.807) is 0 Å². The number of rotatable bonds is 6. The van der Waals surface area contributed by atoms with Crippen LogP contribution in [0.2, 0.25) is 0 Å². The highest BCUT2D eigenvalue weighted by Crippen LogP contribution is 2.46. The third kappa shape index (κ3) is 3.26. The molecule has 1 aromatic rings. The van der Waals surface area contributed by atoms with Gasteiger partial charge in [-0.3, -0.25) is 0 Å². The first-order chi connectivity index (χ1) is 10.0. The second kappa shape index (κ2) is 6.52. The topological polar surface area (TPSA) is 23.5 Å². The summed E-state index contributed by atoms with van der Waals surface area (Å²) in [4.78, 5) is 2.18. The van der Waals surface area contributed by atoms with Gasteiger partial charge in [0.05, 0.1) is 0 Å². The van der Waals surface area contributed by atoms with Gasteiger partial charge in [-0.2, -0.15) is 0 Å². The number of benzene rings is 1. The van der Waals surface area contributed by atoms with Crippen molar-refractivity contribution in [2.45, 2.75) is 78.6 Å². The van der Waals surface area contributed by atoms with Crippen LogP contribution in [-0.4, -0.2) is 19.2 Å². The van der Waals surface area contributed by atoms with Crippen LogP contribution in [0, 0.1) is 0 Å². The van der Waals surface area contributed by atoms with E-state index < -0.39 is 0 Å². The maximum absolute atomic E-state index is 11.1. The predicted molar refractivity (Wildman–Crippen MR) is 98.4 cm³/mol. The number of nitrogens with zero attached hydrogens (tertiary/aromatic N) is 1. The van der Waals surface area contributed by atoms with Crippen LogP contribution in [0.5, 0.6) is 5.75 Å². The Morgan fingerprint density at radius 1 is 0.955 bits per heavy atom. The summed E-state index contributed by atoms with van der Waals surface area (Å²) in [6.07, 6.45) is 2.95. The molecular weight excluding hydrogens is 270 g/mol. The van der Waals surface area contributed by atoms with Gasteiger partial charge < -0.3 is 10.0 Å². The molecule has 0 aliphatic carbocycles. The Morgan fingerprint density at radius 3 is 1.82 bits per heavy atom. The van der Waals surface area contributed by atoms with Gasteiger partial charge in [0.2, 0.25) is 0 Å². The summed E-state index contributed by atoms with van der Waals surface area (Å²) >= 11 is 0. The normalized spacial score (nSPS) is 12.6. The first-order valence-electron chi connectivity index (χ1n) is 8.60. The fourth-order valence-corrected chi connectivity index (χ4v) is 3.07. The Labute approximate surface area is 137 Å². The molecular formula is C20H35NO. The number of hydrogen-bond donors (Lipinski definition) is 1. The van der Waals surface area contributed by atoms with Crippen LogP contribution in [-0.2, 0) is 17.3 Å². The molecule has 0 spiro atoms. The molecule has 2 heteroatoms. The number of hydrogen-bond acceptors (Lipinski definition) is 2. The van der Waals surface area contributed by atoms with Gasteiger partial charge in [-0.05, 0) is 41.7 Å². The lowest BCUT2D eigenvalue weighted by Gasteiger charge is -2.35. The number of anilines is 1. The molecule has 0 saturated heterocycles. The summed E-state index contributed by atoms with van der Waals surface area (Å²) in [6.45, 7) is 15.5. The van der Waals surface area contributed by atoms with Crippen LogP contribution in [0.4, 0.5) is 5.69 Å². The smallest absolute Gasteiger partial charge is 0.123 e. The van der Waals surface area contributed by atoms with E-state index >= 15 is 0 Å². The molecule has 0 unspecified atom stereocenters. The van der Waals surface area contributed by atoms with Crippen LogP contribution in [0.3, 0.4) is 0 Å². The lowest BCUT2D eigenvalue weighted by atomic mass is 9.73. The fourth-order valence-electron chi connectivity index (χ4n) is 3.07. The van der Waals surface area contributed by atoms with E-state index in [0.717, 1.165) is 30.4 Å². The molecule has 0 heterocycles. The molecule has 1 N–H and O–H groups in total. The molecule has 0 aliphatic heterocycles. The Hall–Kier alpha value is -1.18. The van der Waals surface area contributed by atoms with Crippen LogP contribution in [0.1, 0.15) is 78.0 Å². The summed E-state index contributed by atoms with van der Waals surface area (Å²) in [6, 6.07) is 2.20. The Kier molecular flexibility index (Phi) is 5.59. The van der Waals surface area contributed by atoms with Crippen molar-refractivity contribution in [1.82, 2.24) is 0 Å². The van der Waals surface area contributed by atoms with Crippen molar-refractivity contribution >= 4 is 5.69 Å². The average molecular weight is 306 g/mol. The van der Waals surface area contributed by atoms with Crippen LogP contribution >= 0.6 is 0 Å². The van der Waals surface area contributed by atoms with Gasteiger partial charge in [0, 0.05) is 30.9 Å². The van der Waals surface area contributed by atoms with Crippen LogP contribution in [0.15, 0.2) is 6.07 Å². The lowest BCUT2D eigenvalue weighted by molar-refractivity contribution is 0.398. The highest BCUT2D eigenvalue weighted by Gasteiger charge is 2.32. The van der Waals surface area contributed by atoms with Gasteiger partial charge in [0.15, 0.2) is 0 Å². The van der Waals surface area contributed by atoms with E-state index in [1.165, 1.54) is 11.3 Å². The van der Waals surface area contributed by atoms with Crippen molar-refractivity contribution < 1.29 is 5.11 Å². The van der Waals surface area contributed by atoms with Gasteiger partial charge in [-0.25, -0.2) is 0 Å². The molecule has 0 fully saturated rings.